The average molecular weight is 259 g/mol. The van der Waals surface area contributed by atoms with Crippen LogP contribution in [0.4, 0.5) is 0 Å². The zero-order chi connectivity index (χ0) is 11.0. The minimum atomic E-state index is 0. The van der Waals surface area contributed by atoms with E-state index in [0.29, 0.717) is 5.91 Å². The van der Waals surface area contributed by atoms with Gasteiger partial charge < -0.3 is 10.2 Å². The maximum absolute atomic E-state index is 12.3. The second kappa shape index (κ2) is 5.57. The number of nitrogens with one attached hydrogen (secondary N) is 1. The third-order valence-electron chi connectivity index (χ3n) is 4.02. The molecule has 1 aliphatic heterocycles. The summed E-state index contributed by atoms with van der Waals surface area (Å²) in [5.74, 6) is 2.03. The van der Waals surface area contributed by atoms with E-state index < -0.39 is 0 Å². The highest BCUT2D eigenvalue weighted by molar-refractivity contribution is 5.85. The third kappa shape index (κ3) is 3.59. The van der Waals surface area contributed by atoms with Gasteiger partial charge in [0.25, 0.3) is 0 Å². The lowest BCUT2D eigenvalue weighted by Gasteiger charge is -2.25. The molecule has 2 saturated carbocycles. The second-order valence-corrected chi connectivity index (χ2v) is 5.78. The van der Waals surface area contributed by atoms with Crippen LogP contribution in [0.15, 0.2) is 0 Å². The maximum Gasteiger partial charge on any atom is 0.239 e. The molecule has 1 N–H and O–H groups in total. The van der Waals surface area contributed by atoms with Gasteiger partial charge >= 0.3 is 0 Å². The Bertz CT molecular complexity index is 257. The maximum atomic E-state index is 12.3. The highest BCUT2D eigenvalue weighted by Crippen LogP contribution is 2.34. The Morgan fingerprint density at radius 3 is 2.06 bits per heavy atom. The molecule has 17 heavy (non-hydrogen) atoms. The van der Waals surface area contributed by atoms with Crippen LogP contribution < -0.4 is 5.32 Å². The first-order chi connectivity index (χ1) is 7.83. The minimum Gasteiger partial charge on any atom is -0.341 e. The van der Waals surface area contributed by atoms with Gasteiger partial charge in [0.05, 0.1) is 6.04 Å². The summed E-state index contributed by atoms with van der Waals surface area (Å²) in [4.78, 5) is 14.5. The Hall–Kier alpha value is -0.280. The molecule has 0 aromatic rings. The van der Waals surface area contributed by atoms with Crippen molar-refractivity contribution >= 4 is 18.3 Å². The molecule has 3 nitrogen and oxygen atoms in total. The quantitative estimate of drug-likeness (QED) is 0.816. The van der Waals surface area contributed by atoms with Gasteiger partial charge in [-0.15, -0.1) is 12.4 Å². The molecule has 4 heteroatoms. The van der Waals surface area contributed by atoms with Crippen LogP contribution in [0.3, 0.4) is 0 Å². The molecule has 0 unspecified atom stereocenters. The van der Waals surface area contributed by atoms with E-state index >= 15 is 0 Å². The SMILES string of the molecule is Cl.O=C([C@@H]1CCCN1)N(CC1CC1)CC1CC1. The van der Waals surface area contributed by atoms with Gasteiger partial charge in [-0.25, -0.2) is 0 Å². The number of nitrogens with zero attached hydrogens (tertiary/aromatic N) is 1. The van der Waals surface area contributed by atoms with Crippen molar-refractivity contribution in [3.05, 3.63) is 0 Å². The van der Waals surface area contributed by atoms with E-state index in [2.05, 4.69) is 10.2 Å². The van der Waals surface area contributed by atoms with Gasteiger partial charge in [0, 0.05) is 13.1 Å². The first-order valence-corrected chi connectivity index (χ1v) is 6.85. The molecule has 98 valence electrons. The molecular formula is C13H23ClN2O. The van der Waals surface area contributed by atoms with Gasteiger partial charge in [-0.2, -0.15) is 0 Å². The summed E-state index contributed by atoms with van der Waals surface area (Å²) in [6, 6.07) is 0.137. The van der Waals surface area contributed by atoms with Crippen LogP contribution in [-0.4, -0.2) is 36.5 Å². The molecule has 1 heterocycles. The topological polar surface area (TPSA) is 32.3 Å². The third-order valence-corrected chi connectivity index (χ3v) is 4.02. The molecule has 0 bridgehead atoms. The fourth-order valence-corrected chi connectivity index (χ4v) is 2.59. The Labute approximate surface area is 110 Å². The molecule has 1 saturated heterocycles. The molecule has 1 atom stereocenters. The highest BCUT2D eigenvalue weighted by atomic mass is 35.5. The number of rotatable bonds is 5. The van der Waals surface area contributed by atoms with Gasteiger partial charge in [-0.3, -0.25) is 4.79 Å². The van der Waals surface area contributed by atoms with E-state index in [4.69, 9.17) is 0 Å². The Morgan fingerprint density at radius 2 is 1.65 bits per heavy atom. The molecule has 3 rings (SSSR count). The van der Waals surface area contributed by atoms with Crippen LogP contribution in [0.5, 0.6) is 0 Å². The predicted molar refractivity (Wildman–Crippen MR) is 70.3 cm³/mol. The molecule has 2 aliphatic carbocycles. The summed E-state index contributed by atoms with van der Waals surface area (Å²) in [6.07, 6.45) is 7.57. The van der Waals surface area contributed by atoms with E-state index in [9.17, 15) is 4.79 Å². The van der Waals surface area contributed by atoms with Crippen LogP contribution in [0.2, 0.25) is 0 Å². The van der Waals surface area contributed by atoms with Crippen LogP contribution in [-0.2, 0) is 4.79 Å². The Kier molecular flexibility index (Phi) is 4.31. The van der Waals surface area contributed by atoms with Crippen molar-refractivity contribution in [3.8, 4) is 0 Å². The van der Waals surface area contributed by atoms with E-state index in [1.165, 1.54) is 25.7 Å². The Morgan fingerprint density at radius 1 is 1.06 bits per heavy atom. The lowest BCUT2D eigenvalue weighted by Crippen LogP contribution is -2.45. The van der Waals surface area contributed by atoms with Gasteiger partial charge in [0.2, 0.25) is 5.91 Å². The number of hydrogen-bond donors (Lipinski definition) is 1. The number of halogens is 1. The van der Waals surface area contributed by atoms with E-state index in [1.54, 1.807) is 0 Å². The van der Waals surface area contributed by atoms with E-state index in [-0.39, 0.29) is 18.4 Å². The van der Waals surface area contributed by atoms with Crippen LogP contribution >= 0.6 is 12.4 Å². The van der Waals surface area contributed by atoms with Crippen molar-refractivity contribution in [1.29, 1.82) is 0 Å². The molecule has 3 fully saturated rings. The first kappa shape index (κ1) is 13.2. The summed E-state index contributed by atoms with van der Waals surface area (Å²) >= 11 is 0. The van der Waals surface area contributed by atoms with Crippen LogP contribution in [0.1, 0.15) is 38.5 Å². The number of hydrogen-bond acceptors (Lipinski definition) is 2. The van der Waals surface area contributed by atoms with Crippen LogP contribution in [0, 0.1) is 11.8 Å². The first-order valence-electron chi connectivity index (χ1n) is 6.85. The summed E-state index contributed by atoms with van der Waals surface area (Å²) in [5.41, 5.74) is 0. The van der Waals surface area contributed by atoms with Crippen molar-refractivity contribution < 1.29 is 4.79 Å². The average Bonchev–Trinajstić information content (AvgIpc) is 3.20. The minimum absolute atomic E-state index is 0. The number of amides is 1. The monoisotopic (exact) mass is 258 g/mol. The number of carbonyl (C=O) groups is 1. The highest BCUT2D eigenvalue weighted by Gasteiger charge is 2.34. The summed E-state index contributed by atoms with van der Waals surface area (Å²) in [5, 5.41) is 3.33. The fourth-order valence-electron chi connectivity index (χ4n) is 2.59. The number of carbonyl (C=O) groups excluding carboxylic acids is 1. The second-order valence-electron chi connectivity index (χ2n) is 5.78. The molecule has 3 aliphatic rings. The van der Waals surface area contributed by atoms with E-state index in [1.807, 2.05) is 0 Å². The van der Waals surface area contributed by atoms with E-state index in [0.717, 1.165) is 44.3 Å². The van der Waals surface area contributed by atoms with Crippen molar-refractivity contribution in [1.82, 2.24) is 10.2 Å². The van der Waals surface area contributed by atoms with Gasteiger partial charge in [-0.1, -0.05) is 0 Å². The summed E-state index contributed by atoms with van der Waals surface area (Å²) in [7, 11) is 0. The largest absolute Gasteiger partial charge is 0.341 e. The van der Waals surface area contributed by atoms with Crippen LogP contribution in [0.25, 0.3) is 0 Å². The zero-order valence-electron chi connectivity index (χ0n) is 10.4. The summed E-state index contributed by atoms with van der Waals surface area (Å²) in [6.45, 7) is 3.10. The predicted octanol–water partition coefficient (Wildman–Crippen LogP) is 1.81. The molecule has 0 radical (unpaired) electrons. The van der Waals surface area contributed by atoms with Crippen molar-refractivity contribution in [2.24, 2.45) is 11.8 Å². The van der Waals surface area contributed by atoms with Gasteiger partial charge in [0.1, 0.15) is 0 Å². The van der Waals surface area contributed by atoms with Crippen molar-refractivity contribution in [3.63, 3.8) is 0 Å². The van der Waals surface area contributed by atoms with Crippen molar-refractivity contribution in [2.45, 2.75) is 44.6 Å². The lowest BCUT2D eigenvalue weighted by molar-refractivity contribution is -0.133. The molecule has 0 spiro atoms. The van der Waals surface area contributed by atoms with Gasteiger partial charge in [-0.05, 0) is 56.9 Å². The molecule has 0 aromatic heterocycles. The fraction of sp³-hybridized carbons (Fsp3) is 0.923. The van der Waals surface area contributed by atoms with Gasteiger partial charge in [0.15, 0.2) is 0 Å². The Balaban J connectivity index is 0.00000108. The smallest absolute Gasteiger partial charge is 0.239 e. The molecule has 1 amide bonds. The normalized spacial score (nSPS) is 27.6. The molecule has 0 aromatic carbocycles. The standard InChI is InChI=1S/C13H22N2O.ClH/c16-13(12-2-1-7-14-12)15(8-10-3-4-10)9-11-5-6-11;/h10-12,14H,1-9H2;1H/t12-;/m0./s1. The summed E-state index contributed by atoms with van der Waals surface area (Å²) < 4.78 is 0. The van der Waals surface area contributed by atoms with Crippen molar-refractivity contribution in [2.75, 3.05) is 19.6 Å². The lowest BCUT2D eigenvalue weighted by atomic mass is 10.2. The molecular weight excluding hydrogens is 236 g/mol. The zero-order valence-corrected chi connectivity index (χ0v) is 11.2.